The van der Waals surface area contributed by atoms with Crippen LogP contribution in [0.4, 0.5) is 0 Å². The highest BCUT2D eigenvalue weighted by Crippen LogP contribution is 2.10. The van der Waals surface area contributed by atoms with Gasteiger partial charge in [-0.2, -0.15) is 0 Å². The molecule has 34 heavy (non-hydrogen) atoms. The first-order chi connectivity index (χ1) is 16.1. The van der Waals surface area contributed by atoms with Crippen LogP contribution in [-0.2, 0) is 25.7 Å². The molecular formula is C25H31ClN4O4. The van der Waals surface area contributed by atoms with E-state index in [1.807, 2.05) is 54.6 Å². The average Bonchev–Trinajstić information content (AvgIpc) is 2.99. The summed E-state index contributed by atoms with van der Waals surface area (Å²) in [5.74, 6) is -0.686. The van der Waals surface area contributed by atoms with Crippen molar-refractivity contribution in [1.29, 1.82) is 0 Å². The average molecular weight is 487 g/mol. The minimum Gasteiger partial charge on any atom is -0.374 e. The molecule has 1 aliphatic heterocycles. The lowest BCUT2D eigenvalue weighted by atomic mass is 10.0. The lowest BCUT2D eigenvalue weighted by molar-refractivity contribution is -0.130. The van der Waals surface area contributed by atoms with Crippen LogP contribution in [0.3, 0.4) is 0 Å². The smallest absolute Gasteiger partial charge is 0.245 e. The molecule has 0 saturated carbocycles. The van der Waals surface area contributed by atoms with E-state index in [1.54, 1.807) is 0 Å². The minimum atomic E-state index is -0.857. The number of nitrogens with two attached hydrogens (primary N) is 1. The number of carbonyl (C=O) groups is 3. The second-order valence-electron chi connectivity index (χ2n) is 7.75. The monoisotopic (exact) mass is 486 g/mol. The van der Waals surface area contributed by atoms with Gasteiger partial charge in [0, 0.05) is 43.3 Å². The number of para-hydroxylation sites is 1. The van der Waals surface area contributed by atoms with Gasteiger partial charge in [-0.3, -0.25) is 19.4 Å². The SMILES string of the molecule is Cl.NCCNC(=O)[C@@H](COCc1ccccc1)NC(=O)CCC1=c2ccccc2=NCCC1=O. The molecule has 0 bridgehead atoms. The van der Waals surface area contributed by atoms with E-state index in [1.165, 1.54) is 0 Å². The number of carbonyl (C=O) groups excluding carboxylic acids is 3. The molecule has 3 rings (SSSR count). The molecule has 2 aromatic rings. The highest BCUT2D eigenvalue weighted by atomic mass is 35.5. The Morgan fingerprint density at radius 1 is 1.09 bits per heavy atom. The second kappa shape index (κ2) is 14.2. The Morgan fingerprint density at radius 3 is 2.59 bits per heavy atom. The first-order valence-corrected chi connectivity index (χ1v) is 11.1. The number of Topliss-reactive ketones (excluding diaryl/α,β-unsaturated/α-hetero) is 1. The van der Waals surface area contributed by atoms with Crippen molar-refractivity contribution in [3.05, 3.63) is 70.7 Å². The summed E-state index contributed by atoms with van der Waals surface area (Å²) < 4.78 is 5.68. The zero-order valence-corrected chi connectivity index (χ0v) is 19.8. The lowest BCUT2D eigenvalue weighted by Gasteiger charge is -2.19. The van der Waals surface area contributed by atoms with Crippen molar-refractivity contribution in [3.8, 4) is 0 Å². The Bertz CT molecular complexity index is 1090. The summed E-state index contributed by atoms with van der Waals surface area (Å²) in [6, 6.07) is 16.2. The van der Waals surface area contributed by atoms with Crippen molar-refractivity contribution in [2.75, 3.05) is 26.2 Å². The van der Waals surface area contributed by atoms with Crippen molar-refractivity contribution in [3.63, 3.8) is 0 Å². The van der Waals surface area contributed by atoms with Gasteiger partial charge in [0.15, 0.2) is 5.78 Å². The standard InChI is InChI=1S/C25H30N4O4.ClH/c26-13-15-28-25(32)22(17-33-16-18-6-2-1-3-7-18)29-24(31)11-10-20-19-8-4-5-9-21(19)27-14-12-23(20)30;/h1-9,22H,10-17,26H2,(H,28,32)(H,29,31);1H/t22-;/m1./s1. The number of benzene rings is 2. The summed E-state index contributed by atoms with van der Waals surface area (Å²) in [7, 11) is 0. The van der Waals surface area contributed by atoms with Crippen LogP contribution in [-0.4, -0.2) is 49.9 Å². The van der Waals surface area contributed by atoms with Crippen LogP contribution in [0.5, 0.6) is 0 Å². The number of hydrogen-bond donors (Lipinski definition) is 3. The summed E-state index contributed by atoms with van der Waals surface area (Å²) in [4.78, 5) is 42.2. The molecule has 0 aromatic heterocycles. The van der Waals surface area contributed by atoms with Crippen molar-refractivity contribution >= 4 is 35.6 Å². The Kier molecular flexibility index (Phi) is 11.4. The number of nitrogens with zero attached hydrogens (tertiary/aromatic N) is 1. The molecule has 0 saturated heterocycles. The van der Waals surface area contributed by atoms with Crippen molar-refractivity contribution in [2.45, 2.75) is 31.9 Å². The Labute approximate surface area is 205 Å². The summed E-state index contributed by atoms with van der Waals surface area (Å²) in [5, 5.41) is 6.98. The van der Waals surface area contributed by atoms with E-state index in [-0.39, 0.29) is 49.5 Å². The molecule has 0 unspecified atom stereocenters. The molecule has 2 amide bonds. The van der Waals surface area contributed by atoms with Gasteiger partial charge in [0.1, 0.15) is 6.04 Å². The van der Waals surface area contributed by atoms with Gasteiger partial charge in [-0.25, -0.2) is 0 Å². The zero-order valence-electron chi connectivity index (χ0n) is 19.0. The summed E-state index contributed by atoms with van der Waals surface area (Å²) in [6.07, 6.45) is 0.678. The highest BCUT2D eigenvalue weighted by Gasteiger charge is 2.22. The summed E-state index contributed by atoms with van der Waals surface area (Å²) >= 11 is 0. The zero-order chi connectivity index (χ0) is 23.5. The van der Waals surface area contributed by atoms with E-state index in [2.05, 4.69) is 15.6 Å². The third-order valence-corrected chi connectivity index (χ3v) is 5.28. The number of halogens is 1. The van der Waals surface area contributed by atoms with Gasteiger partial charge in [0.05, 0.1) is 18.6 Å². The number of fused-ring (bicyclic) bond motifs is 1. The van der Waals surface area contributed by atoms with Crippen LogP contribution in [0, 0.1) is 0 Å². The first kappa shape index (κ1) is 27.2. The molecule has 0 spiro atoms. The third-order valence-electron chi connectivity index (χ3n) is 5.28. The van der Waals surface area contributed by atoms with Gasteiger partial charge >= 0.3 is 0 Å². The summed E-state index contributed by atoms with van der Waals surface area (Å²) in [6.45, 7) is 1.38. The van der Waals surface area contributed by atoms with E-state index in [9.17, 15) is 14.4 Å². The van der Waals surface area contributed by atoms with E-state index in [4.69, 9.17) is 10.5 Å². The first-order valence-electron chi connectivity index (χ1n) is 11.1. The molecule has 0 radical (unpaired) electrons. The molecule has 1 atom stereocenters. The van der Waals surface area contributed by atoms with E-state index in [0.717, 1.165) is 16.1 Å². The van der Waals surface area contributed by atoms with Crippen LogP contribution in [0.25, 0.3) is 5.57 Å². The van der Waals surface area contributed by atoms with Gasteiger partial charge < -0.3 is 21.1 Å². The predicted molar refractivity (Wildman–Crippen MR) is 132 cm³/mol. The number of nitrogens with one attached hydrogen (secondary N) is 2. The molecule has 2 aromatic carbocycles. The molecule has 0 aliphatic carbocycles. The fourth-order valence-corrected chi connectivity index (χ4v) is 3.60. The van der Waals surface area contributed by atoms with Crippen molar-refractivity contribution in [1.82, 2.24) is 10.6 Å². The quantitative estimate of drug-likeness (QED) is 0.424. The molecule has 0 fully saturated rings. The molecule has 182 valence electrons. The molecule has 1 aliphatic rings. The number of rotatable bonds is 11. The number of ether oxygens (including phenoxy) is 1. The van der Waals surface area contributed by atoms with Crippen LogP contribution in [0.2, 0.25) is 0 Å². The Hall–Kier alpha value is -3.07. The fraction of sp³-hybridized carbons (Fsp3) is 0.360. The Morgan fingerprint density at radius 2 is 1.82 bits per heavy atom. The second-order valence-corrected chi connectivity index (χ2v) is 7.75. The fourth-order valence-electron chi connectivity index (χ4n) is 3.60. The molecule has 4 N–H and O–H groups in total. The Balaban J connectivity index is 0.00000408. The largest absolute Gasteiger partial charge is 0.374 e. The van der Waals surface area contributed by atoms with Crippen LogP contribution >= 0.6 is 12.4 Å². The van der Waals surface area contributed by atoms with Gasteiger partial charge in [0.2, 0.25) is 11.8 Å². The summed E-state index contributed by atoms with van der Waals surface area (Å²) in [5.41, 5.74) is 7.05. The predicted octanol–water partition coefficient (Wildman–Crippen LogP) is 0.408. The molecular weight excluding hydrogens is 456 g/mol. The number of ketones is 1. The van der Waals surface area contributed by atoms with Crippen molar-refractivity contribution < 1.29 is 19.1 Å². The maximum absolute atomic E-state index is 12.7. The topological polar surface area (TPSA) is 123 Å². The molecule has 8 nitrogen and oxygen atoms in total. The van der Waals surface area contributed by atoms with E-state index in [0.29, 0.717) is 38.2 Å². The minimum absolute atomic E-state index is 0. The highest BCUT2D eigenvalue weighted by molar-refractivity contribution is 6.15. The molecule has 1 heterocycles. The molecule has 9 heteroatoms. The lowest BCUT2D eigenvalue weighted by Crippen LogP contribution is -2.50. The van der Waals surface area contributed by atoms with E-state index < -0.39 is 6.04 Å². The number of amides is 2. The third kappa shape index (κ3) is 8.06. The van der Waals surface area contributed by atoms with Gasteiger partial charge in [0.25, 0.3) is 0 Å². The number of hydrogen-bond acceptors (Lipinski definition) is 6. The normalized spacial score (nSPS) is 13.6. The van der Waals surface area contributed by atoms with Crippen molar-refractivity contribution in [2.24, 2.45) is 10.7 Å². The van der Waals surface area contributed by atoms with Gasteiger partial charge in [-0.15, -0.1) is 12.4 Å². The van der Waals surface area contributed by atoms with Gasteiger partial charge in [-0.1, -0.05) is 48.5 Å². The van der Waals surface area contributed by atoms with Crippen LogP contribution in [0.15, 0.2) is 59.6 Å². The van der Waals surface area contributed by atoms with Crippen LogP contribution in [0.1, 0.15) is 24.8 Å². The van der Waals surface area contributed by atoms with Gasteiger partial charge in [-0.05, 0) is 18.1 Å². The van der Waals surface area contributed by atoms with E-state index >= 15 is 0 Å². The van der Waals surface area contributed by atoms with Crippen LogP contribution < -0.4 is 26.9 Å². The maximum Gasteiger partial charge on any atom is 0.245 e. The maximum atomic E-state index is 12.7.